The molecule has 3 N–H and O–H groups in total. The summed E-state index contributed by atoms with van der Waals surface area (Å²) < 4.78 is 5.50. The van der Waals surface area contributed by atoms with Crippen molar-refractivity contribution < 1.29 is 24.5 Å². The number of ether oxygens (including phenoxy) is 1. The quantitative estimate of drug-likeness (QED) is 0.0320. The van der Waals surface area contributed by atoms with Crippen molar-refractivity contribution in [3.05, 3.63) is 12.2 Å². The summed E-state index contributed by atoms with van der Waals surface area (Å²) in [5.41, 5.74) is 0. The predicted octanol–water partition coefficient (Wildman–Crippen LogP) is 21.6. The lowest BCUT2D eigenvalue weighted by atomic mass is 10.0. The van der Waals surface area contributed by atoms with Crippen LogP contribution in [-0.4, -0.2) is 47.4 Å². The standard InChI is InChI=1S/C68H133NO5/c1-3-5-7-9-11-13-15-17-19-21-23-24-25-27-28-32-36-40-44-48-52-56-60-66(71)65(64-70)69-67(72)61-57-53-49-45-41-37-33-30-31-35-39-43-47-51-55-59-63-74-68(73)62-58-54-50-46-42-38-34-29-26-22-20-18-16-14-12-10-8-6-4-2/h56,60,65-66,70-71H,3-55,57-59,61-64H2,1-2H3,(H,69,72)/b60-56+. The van der Waals surface area contributed by atoms with Crippen molar-refractivity contribution in [2.24, 2.45) is 0 Å². The first-order valence-corrected chi connectivity index (χ1v) is 34.0. The number of rotatable bonds is 64. The van der Waals surface area contributed by atoms with Crippen molar-refractivity contribution >= 4 is 11.9 Å². The highest BCUT2D eigenvalue weighted by molar-refractivity contribution is 5.76. The number of carbonyl (C=O) groups is 2. The highest BCUT2D eigenvalue weighted by Crippen LogP contribution is 2.19. The Balaban J connectivity index is 3.42. The van der Waals surface area contributed by atoms with E-state index in [1.807, 2.05) is 6.08 Å². The fraction of sp³-hybridized carbons (Fsp3) is 0.941. The molecule has 0 aliphatic rings. The molecule has 0 aromatic heterocycles. The van der Waals surface area contributed by atoms with Gasteiger partial charge in [0.25, 0.3) is 0 Å². The smallest absolute Gasteiger partial charge is 0.305 e. The molecule has 0 aliphatic carbocycles. The number of nitrogens with one attached hydrogen (secondary N) is 1. The molecule has 0 spiro atoms. The first-order chi connectivity index (χ1) is 36.5. The predicted molar refractivity (Wildman–Crippen MR) is 324 cm³/mol. The van der Waals surface area contributed by atoms with Gasteiger partial charge in [-0.25, -0.2) is 0 Å². The van der Waals surface area contributed by atoms with E-state index in [-0.39, 0.29) is 18.5 Å². The Labute approximate surface area is 463 Å². The molecule has 6 nitrogen and oxygen atoms in total. The van der Waals surface area contributed by atoms with Gasteiger partial charge < -0.3 is 20.3 Å². The molecule has 2 atom stereocenters. The highest BCUT2D eigenvalue weighted by atomic mass is 16.5. The largest absolute Gasteiger partial charge is 0.466 e. The van der Waals surface area contributed by atoms with Gasteiger partial charge >= 0.3 is 5.97 Å². The molecule has 0 radical (unpaired) electrons. The van der Waals surface area contributed by atoms with Gasteiger partial charge in [0.2, 0.25) is 5.91 Å². The minimum Gasteiger partial charge on any atom is -0.466 e. The van der Waals surface area contributed by atoms with Gasteiger partial charge in [-0.1, -0.05) is 353 Å². The molecule has 0 aromatic carbocycles. The summed E-state index contributed by atoms with van der Waals surface area (Å²) in [6, 6.07) is -0.633. The van der Waals surface area contributed by atoms with Gasteiger partial charge in [-0.3, -0.25) is 9.59 Å². The number of aliphatic hydroxyl groups is 2. The third kappa shape index (κ3) is 59.8. The minimum absolute atomic E-state index is 0.00824. The number of carbonyl (C=O) groups excluding carboxylic acids is 2. The second-order valence-electron chi connectivity index (χ2n) is 23.5. The lowest BCUT2D eigenvalue weighted by Gasteiger charge is -2.20. The van der Waals surface area contributed by atoms with Gasteiger partial charge in [0, 0.05) is 12.8 Å². The van der Waals surface area contributed by atoms with Gasteiger partial charge in [-0.2, -0.15) is 0 Å². The SMILES string of the molecule is CCCCCCCCCCCCCCCCCCCCCC/C=C/C(O)C(CO)NC(=O)CCCCCCCCCCCCCCCCCCOC(=O)CCCCCCCCCCCCCCCCCCCCC. The molecule has 2 unspecified atom stereocenters. The Morgan fingerprint density at radius 1 is 0.365 bits per heavy atom. The van der Waals surface area contributed by atoms with Crippen molar-refractivity contribution in [1.29, 1.82) is 0 Å². The number of amides is 1. The number of hydrogen-bond donors (Lipinski definition) is 3. The van der Waals surface area contributed by atoms with Crippen LogP contribution in [0.25, 0.3) is 0 Å². The Hall–Kier alpha value is -1.40. The summed E-state index contributed by atoms with van der Waals surface area (Å²) in [4.78, 5) is 24.6. The van der Waals surface area contributed by atoms with E-state index < -0.39 is 12.1 Å². The zero-order chi connectivity index (χ0) is 53.6. The van der Waals surface area contributed by atoms with Gasteiger partial charge in [0.1, 0.15) is 0 Å². The lowest BCUT2D eigenvalue weighted by molar-refractivity contribution is -0.143. The van der Waals surface area contributed by atoms with Crippen molar-refractivity contribution in [2.45, 2.75) is 398 Å². The van der Waals surface area contributed by atoms with E-state index in [9.17, 15) is 19.8 Å². The van der Waals surface area contributed by atoms with E-state index in [2.05, 4.69) is 19.2 Å². The molecule has 74 heavy (non-hydrogen) atoms. The molecular weight excluding hydrogens is 911 g/mol. The molecule has 0 aliphatic heterocycles. The second kappa shape index (κ2) is 64.1. The Bertz CT molecular complexity index is 1110. The number of allylic oxidation sites excluding steroid dienone is 1. The minimum atomic E-state index is -0.850. The Morgan fingerprint density at radius 2 is 0.622 bits per heavy atom. The molecule has 6 heteroatoms. The maximum atomic E-state index is 12.5. The second-order valence-corrected chi connectivity index (χ2v) is 23.5. The molecule has 440 valence electrons. The first kappa shape index (κ1) is 72.6. The van der Waals surface area contributed by atoms with E-state index in [1.165, 1.54) is 321 Å². The number of unbranched alkanes of at least 4 members (excludes halogenated alkanes) is 53. The van der Waals surface area contributed by atoms with Crippen LogP contribution in [0.1, 0.15) is 386 Å². The monoisotopic (exact) mass is 1040 g/mol. The number of hydrogen-bond acceptors (Lipinski definition) is 5. The number of aliphatic hydroxyl groups excluding tert-OH is 2. The molecule has 0 saturated carbocycles. The fourth-order valence-electron chi connectivity index (χ4n) is 10.9. The van der Waals surface area contributed by atoms with E-state index in [0.717, 1.165) is 38.5 Å². The first-order valence-electron chi connectivity index (χ1n) is 34.0. The van der Waals surface area contributed by atoms with Crippen molar-refractivity contribution in [3.8, 4) is 0 Å². The van der Waals surface area contributed by atoms with Crippen molar-refractivity contribution in [1.82, 2.24) is 5.32 Å². The Morgan fingerprint density at radius 3 is 0.919 bits per heavy atom. The molecule has 0 rings (SSSR count). The van der Waals surface area contributed by atoms with Crippen LogP contribution >= 0.6 is 0 Å². The zero-order valence-corrected chi connectivity index (χ0v) is 50.4. The van der Waals surface area contributed by atoms with Crippen LogP contribution in [0.5, 0.6) is 0 Å². The summed E-state index contributed by atoms with van der Waals surface area (Å²) in [6.07, 6.45) is 78.4. The highest BCUT2D eigenvalue weighted by Gasteiger charge is 2.18. The molecular formula is C68H133NO5. The van der Waals surface area contributed by atoms with Gasteiger partial charge in [0.15, 0.2) is 0 Å². The summed E-state index contributed by atoms with van der Waals surface area (Å²) in [5, 5.41) is 23.2. The Kier molecular flexibility index (Phi) is 62.9. The van der Waals surface area contributed by atoms with E-state index in [4.69, 9.17) is 4.74 Å². The maximum Gasteiger partial charge on any atom is 0.305 e. The van der Waals surface area contributed by atoms with Crippen LogP contribution in [-0.2, 0) is 14.3 Å². The van der Waals surface area contributed by atoms with Crippen molar-refractivity contribution in [2.75, 3.05) is 13.2 Å². The molecule has 0 aromatic rings. The molecule has 0 saturated heterocycles. The molecule has 0 bridgehead atoms. The molecule has 0 fully saturated rings. The van der Waals surface area contributed by atoms with Crippen LogP contribution < -0.4 is 5.32 Å². The van der Waals surface area contributed by atoms with Gasteiger partial charge in [-0.15, -0.1) is 0 Å². The summed E-state index contributed by atoms with van der Waals surface area (Å²) in [6.45, 7) is 4.94. The third-order valence-electron chi connectivity index (χ3n) is 16.1. The average Bonchev–Trinajstić information content (AvgIpc) is 3.40. The van der Waals surface area contributed by atoms with Gasteiger partial charge in [-0.05, 0) is 32.1 Å². The summed E-state index contributed by atoms with van der Waals surface area (Å²) >= 11 is 0. The van der Waals surface area contributed by atoms with Crippen molar-refractivity contribution in [3.63, 3.8) is 0 Å². The maximum absolute atomic E-state index is 12.5. The van der Waals surface area contributed by atoms with Crippen LogP contribution in [0.4, 0.5) is 0 Å². The average molecular weight is 1040 g/mol. The summed E-state index contributed by atoms with van der Waals surface area (Å²) in [5.74, 6) is -0.0617. The molecule has 0 heterocycles. The van der Waals surface area contributed by atoms with E-state index in [1.54, 1.807) is 6.08 Å². The lowest BCUT2D eigenvalue weighted by Crippen LogP contribution is -2.45. The zero-order valence-electron chi connectivity index (χ0n) is 50.4. The third-order valence-corrected chi connectivity index (χ3v) is 16.1. The van der Waals surface area contributed by atoms with Crippen LogP contribution in [0, 0.1) is 0 Å². The topological polar surface area (TPSA) is 95.9 Å². The fourth-order valence-corrected chi connectivity index (χ4v) is 10.9. The van der Waals surface area contributed by atoms with Crippen LogP contribution in [0.3, 0.4) is 0 Å². The normalized spacial score (nSPS) is 12.5. The number of esters is 1. The van der Waals surface area contributed by atoms with Crippen LogP contribution in [0.15, 0.2) is 12.2 Å². The van der Waals surface area contributed by atoms with Gasteiger partial charge in [0.05, 0.1) is 25.4 Å². The van der Waals surface area contributed by atoms with Crippen LogP contribution in [0.2, 0.25) is 0 Å². The van der Waals surface area contributed by atoms with E-state index >= 15 is 0 Å². The molecule has 1 amide bonds. The summed E-state index contributed by atoms with van der Waals surface area (Å²) in [7, 11) is 0. The van der Waals surface area contributed by atoms with E-state index in [0.29, 0.717) is 19.4 Å².